The predicted octanol–water partition coefficient (Wildman–Crippen LogP) is 1.15. The van der Waals surface area contributed by atoms with Crippen molar-refractivity contribution in [1.82, 2.24) is 14.6 Å². The third-order valence-electron chi connectivity index (χ3n) is 4.43. The second-order valence-electron chi connectivity index (χ2n) is 6.10. The molecule has 1 aliphatic carbocycles. The van der Waals surface area contributed by atoms with Gasteiger partial charge in [0.1, 0.15) is 11.3 Å². The zero-order valence-electron chi connectivity index (χ0n) is 13.3. The highest BCUT2D eigenvalue weighted by Crippen LogP contribution is 2.19. The molecule has 1 aliphatic rings. The fourth-order valence-electron chi connectivity index (χ4n) is 3.25. The summed E-state index contributed by atoms with van der Waals surface area (Å²) in [5, 5.41) is 14.5. The van der Waals surface area contributed by atoms with Crippen LogP contribution in [0.3, 0.4) is 0 Å². The average Bonchev–Trinajstić information content (AvgIpc) is 2.91. The van der Waals surface area contributed by atoms with Crippen LogP contribution >= 0.6 is 0 Å². The average molecular weight is 340 g/mol. The Morgan fingerprint density at radius 3 is 2.80 bits per heavy atom. The third-order valence-corrected chi connectivity index (χ3v) is 4.43. The minimum absolute atomic E-state index is 0.00377. The number of hydrogen-bond acceptors (Lipinski definition) is 4. The number of nitrogens with zero attached hydrogens (tertiary/aromatic N) is 1. The third kappa shape index (κ3) is 2.51. The molecule has 1 amide bonds. The van der Waals surface area contributed by atoms with Gasteiger partial charge in [0.05, 0.1) is 0 Å². The molecule has 1 aromatic carbocycles. The molecule has 25 heavy (non-hydrogen) atoms. The molecule has 128 valence electrons. The van der Waals surface area contributed by atoms with Gasteiger partial charge in [0.2, 0.25) is 0 Å². The minimum Gasteiger partial charge on any atom is -0.508 e. The first-order valence-corrected chi connectivity index (χ1v) is 8.04. The number of aromatic amines is 2. The normalized spacial score (nSPS) is 13.6. The van der Waals surface area contributed by atoms with Crippen LogP contribution in [-0.4, -0.2) is 25.6 Å². The molecule has 4 N–H and O–H groups in total. The zero-order chi connectivity index (χ0) is 17.6. The first-order valence-electron chi connectivity index (χ1n) is 8.04. The van der Waals surface area contributed by atoms with Crippen molar-refractivity contribution in [2.45, 2.75) is 25.7 Å². The maximum absolute atomic E-state index is 12.6. The maximum Gasteiger partial charge on any atom is 0.279 e. The molecular formula is C17H16N4O4. The number of H-pyrrole nitrogens is 2. The van der Waals surface area contributed by atoms with Crippen molar-refractivity contribution in [2.24, 2.45) is 0 Å². The van der Waals surface area contributed by atoms with E-state index in [4.69, 9.17) is 0 Å². The Labute approximate surface area is 141 Å². The lowest BCUT2D eigenvalue weighted by atomic mass is 9.97. The van der Waals surface area contributed by atoms with E-state index in [-0.39, 0.29) is 22.5 Å². The summed E-state index contributed by atoms with van der Waals surface area (Å²) >= 11 is 0. The number of aryl methyl sites for hydroxylation is 1. The Hall–Kier alpha value is -3.29. The van der Waals surface area contributed by atoms with E-state index < -0.39 is 11.5 Å². The standard InChI is InChI=1S/C17H16N4O4/c22-10-5-3-4-9(8-10)18-15(23)13-14-19-12-7-2-1-6-11(12)17(25)21(14)20-16(13)24/h3-5,8,19,22H,1-2,6-7H2,(H,18,23)(H,20,24). The van der Waals surface area contributed by atoms with Crippen LogP contribution in [0.25, 0.3) is 5.65 Å². The minimum atomic E-state index is -0.652. The van der Waals surface area contributed by atoms with Gasteiger partial charge in [0.15, 0.2) is 5.65 Å². The zero-order valence-corrected chi connectivity index (χ0v) is 13.3. The molecule has 0 unspecified atom stereocenters. The monoisotopic (exact) mass is 340 g/mol. The summed E-state index contributed by atoms with van der Waals surface area (Å²) in [5.41, 5.74) is 0.850. The van der Waals surface area contributed by atoms with Crippen molar-refractivity contribution in [3.05, 3.63) is 61.8 Å². The molecule has 8 nitrogen and oxygen atoms in total. The van der Waals surface area contributed by atoms with Crippen molar-refractivity contribution in [3.8, 4) is 5.75 Å². The number of amides is 1. The molecule has 2 heterocycles. The Morgan fingerprint density at radius 2 is 2.00 bits per heavy atom. The van der Waals surface area contributed by atoms with Crippen LogP contribution in [0, 0.1) is 0 Å². The number of carbonyl (C=O) groups excluding carboxylic acids is 1. The van der Waals surface area contributed by atoms with Gasteiger partial charge >= 0.3 is 0 Å². The van der Waals surface area contributed by atoms with E-state index >= 15 is 0 Å². The summed E-state index contributed by atoms with van der Waals surface area (Å²) in [6, 6.07) is 6.01. The van der Waals surface area contributed by atoms with Gasteiger partial charge < -0.3 is 15.4 Å². The lowest BCUT2D eigenvalue weighted by Crippen LogP contribution is -2.25. The summed E-state index contributed by atoms with van der Waals surface area (Å²) in [6.07, 6.45) is 3.26. The van der Waals surface area contributed by atoms with Crippen molar-refractivity contribution >= 4 is 17.2 Å². The van der Waals surface area contributed by atoms with Gasteiger partial charge in [0, 0.05) is 23.0 Å². The number of phenolic OH excluding ortho intramolecular Hbond substituents is 1. The molecule has 0 atom stereocenters. The lowest BCUT2D eigenvalue weighted by molar-refractivity contribution is 0.102. The first-order chi connectivity index (χ1) is 12.0. The SMILES string of the molecule is O=C(Nc1cccc(O)c1)c1c(=O)[nH]n2c(=O)c3c([nH]c12)CCCC3. The van der Waals surface area contributed by atoms with Crippen LogP contribution in [0.5, 0.6) is 5.75 Å². The van der Waals surface area contributed by atoms with Crippen LogP contribution < -0.4 is 16.4 Å². The van der Waals surface area contributed by atoms with Crippen molar-refractivity contribution in [1.29, 1.82) is 0 Å². The Morgan fingerprint density at radius 1 is 1.20 bits per heavy atom. The van der Waals surface area contributed by atoms with E-state index in [2.05, 4.69) is 15.4 Å². The summed E-state index contributed by atoms with van der Waals surface area (Å²) in [7, 11) is 0. The number of nitrogens with one attached hydrogen (secondary N) is 3. The second-order valence-corrected chi connectivity index (χ2v) is 6.10. The van der Waals surface area contributed by atoms with E-state index in [9.17, 15) is 19.5 Å². The van der Waals surface area contributed by atoms with E-state index in [1.54, 1.807) is 12.1 Å². The molecule has 0 saturated carbocycles. The molecule has 0 aliphatic heterocycles. The van der Waals surface area contributed by atoms with Gasteiger partial charge in [-0.25, -0.2) is 0 Å². The van der Waals surface area contributed by atoms with E-state index in [0.29, 0.717) is 24.1 Å². The van der Waals surface area contributed by atoms with Gasteiger partial charge in [-0.1, -0.05) is 6.07 Å². The Bertz CT molecular complexity index is 1110. The number of aromatic hydroxyl groups is 1. The second kappa shape index (κ2) is 5.66. The van der Waals surface area contributed by atoms with Crippen molar-refractivity contribution in [3.63, 3.8) is 0 Å². The summed E-state index contributed by atoms with van der Waals surface area (Å²) in [5.74, 6) is -0.656. The highest BCUT2D eigenvalue weighted by molar-refractivity contribution is 6.08. The molecule has 8 heteroatoms. The van der Waals surface area contributed by atoms with E-state index in [1.807, 2.05) is 0 Å². The topological polar surface area (TPSA) is 119 Å². The van der Waals surface area contributed by atoms with E-state index in [1.165, 1.54) is 12.1 Å². The number of rotatable bonds is 2. The number of phenols is 1. The van der Waals surface area contributed by atoms with E-state index in [0.717, 1.165) is 23.1 Å². The summed E-state index contributed by atoms with van der Waals surface area (Å²) in [4.78, 5) is 40.5. The maximum atomic E-state index is 12.6. The molecule has 0 fully saturated rings. The molecule has 0 radical (unpaired) electrons. The fourth-order valence-corrected chi connectivity index (χ4v) is 3.25. The highest BCUT2D eigenvalue weighted by Gasteiger charge is 2.23. The van der Waals surface area contributed by atoms with Crippen LogP contribution in [-0.2, 0) is 12.8 Å². The van der Waals surface area contributed by atoms with Crippen molar-refractivity contribution < 1.29 is 9.90 Å². The molecular weight excluding hydrogens is 324 g/mol. The number of carbonyl (C=O) groups is 1. The van der Waals surface area contributed by atoms with Crippen LogP contribution in [0.4, 0.5) is 5.69 Å². The van der Waals surface area contributed by atoms with Crippen LogP contribution in [0.2, 0.25) is 0 Å². The van der Waals surface area contributed by atoms with Gasteiger partial charge in [-0.2, -0.15) is 4.52 Å². The number of aromatic nitrogens is 3. The summed E-state index contributed by atoms with van der Waals surface area (Å²) in [6.45, 7) is 0. The smallest absolute Gasteiger partial charge is 0.279 e. The van der Waals surface area contributed by atoms with Crippen LogP contribution in [0.15, 0.2) is 33.9 Å². The lowest BCUT2D eigenvalue weighted by Gasteiger charge is -2.15. The van der Waals surface area contributed by atoms with Gasteiger partial charge in [-0.05, 0) is 37.8 Å². The Balaban J connectivity index is 1.83. The predicted molar refractivity (Wildman–Crippen MR) is 91.3 cm³/mol. The first kappa shape index (κ1) is 15.3. The number of anilines is 1. The molecule has 3 aromatic rings. The van der Waals surface area contributed by atoms with Gasteiger partial charge in [-0.15, -0.1) is 0 Å². The van der Waals surface area contributed by atoms with Gasteiger partial charge in [0.25, 0.3) is 17.0 Å². The highest BCUT2D eigenvalue weighted by atomic mass is 16.3. The number of hydrogen-bond donors (Lipinski definition) is 4. The molecule has 0 saturated heterocycles. The largest absolute Gasteiger partial charge is 0.508 e. The number of benzene rings is 1. The number of fused-ring (bicyclic) bond motifs is 2. The quantitative estimate of drug-likeness (QED) is 0.559. The van der Waals surface area contributed by atoms with Crippen LogP contribution in [0.1, 0.15) is 34.5 Å². The Kier molecular flexibility index (Phi) is 3.45. The molecule has 2 aromatic heterocycles. The van der Waals surface area contributed by atoms with Gasteiger partial charge in [-0.3, -0.25) is 19.5 Å². The molecule has 0 bridgehead atoms. The fraction of sp³-hybridized carbons (Fsp3) is 0.235. The molecule has 4 rings (SSSR count). The summed E-state index contributed by atoms with van der Waals surface area (Å²) < 4.78 is 1.10. The molecule has 0 spiro atoms. The van der Waals surface area contributed by atoms with Crippen molar-refractivity contribution in [2.75, 3.05) is 5.32 Å².